The van der Waals surface area contributed by atoms with Gasteiger partial charge < -0.3 is 29.2 Å². The molecule has 1 fully saturated rings. The monoisotopic (exact) mass is 621 g/mol. The average molecular weight is 623 g/mol. The minimum atomic E-state index is -0.301. The summed E-state index contributed by atoms with van der Waals surface area (Å²) in [4.78, 5) is 25.6. The Labute approximate surface area is 257 Å². The quantitative estimate of drug-likeness (QED) is 0.213. The number of methoxy groups -OCH3 is 3. The zero-order valence-corrected chi connectivity index (χ0v) is 26.6. The second-order valence-electron chi connectivity index (χ2n) is 10.6. The number of fused-ring (bicyclic) bond motifs is 1. The standard InChI is InChI=1S/C30H41Cl2N5O5/c1-6-21(9-10-36(2)11-13-39-3)42-14-12-37-28-20(18-34-30(35-28)33-17-19-7-8-19)15-22(29(37)38)25-26(31)23(40-4)16-24(41-5)27(25)32/h15-16,18-19,21H,6-14,17H2,1-5H3,(H,33,34,35). The summed E-state index contributed by atoms with van der Waals surface area (Å²) in [5.41, 5.74) is 0.834. The van der Waals surface area contributed by atoms with Gasteiger partial charge in [-0.05, 0) is 44.7 Å². The summed E-state index contributed by atoms with van der Waals surface area (Å²) in [6.07, 6.45) is 5.91. The van der Waals surface area contributed by atoms with E-state index in [2.05, 4.69) is 29.2 Å². The van der Waals surface area contributed by atoms with Crippen molar-refractivity contribution in [3.8, 4) is 22.6 Å². The molecule has 12 heteroatoms. The first-order valence-corrected chi connectivity index (χ1v) is 15.1. The van der Waals surface area contributed by atoms with Crippen molar-refractivity contribution < 1.29 is 18.9 Å². The Morgan fingerprint density at radius 1 is 1.10 bits per heavy atom. The van der Waals surface area contributed by atoms with Gasteiger partial charge in [0.25, 0.3) is 5.56 Å². The van der Waals surface area contributed by atoms with Crippen LogP contribution in [0.4, 0.5) is 5.95 Å². The van der Waals surface area contributed by atoms with Crippen molar-refractivity contribution in [3.63, 3.8) is 0 Å². The highest BCUT2D eigenvalue weighted by molar-refractivity contribution is 6.41. The lowest BCUT2D eigenvalue weighted by Crippen LogP contribution is -2.29. The maximum Gasteiger partial charge on any atom is 0.260 e. The van der Waals surface area contributed by atoms with Crippen molar-refractivity contribution in [1.82, 2.24) is 19.4 Å². The number of halogens is 2. The largest absolute Gasteiger partial charge is 0.495 e. The SMILES string of the molecule is CCC(CCN(C)CCOC)OCCn1c(=O)c(-c2c(Cl)c(OC)cc(OC)c2Cl)cc2cnc(NCC3CC3)nc21. The lowest BCUT2D eigenvalue weighted by atomic mass is 10.0. The first kappa shape index (κ1) is 32.3. The van der Waals surface area contributed by atoms with Crippen LogP contribution in [0, 0.1) is 5.92 Å². The Bertz CT molecular complexity index is 1390. The molecule has 2 heterocycles. The number of nitrogens with zero attached hydrogens (tertiary/aromatic N) is 4. The predicted molar refractivity (Wildman–Crippen MR) is 168 cm³/mol. The molecule has 1 aliphatic rings. The van der Waals surface area contributed by atoms with Crippen molar-refractivity contribution in [2.75, 3.05) is 66.5 Å². The molecule has 1 N–H and O–H groups in total. The van der Waals surface area contributed by atoms with E-state index in [1.165, 1.54) is 27.1 Å². The number of benzene rings is 1. The summed E-state index contributed by atoms with van der Waals surface area (Å²) in [5.74, 6) is 1.83. The van der Waals surface area contributed by atoms with E-state index in [0.29, 0.717) is 58.7 Å². The molecular formula is C30H41Cl2N5O5. The van der Waals surface area contributed by atoms with Crippen LogP contribution >= 0.6 is 23.2 Å². The summed E-state index contributed by atoms with van der Waals surface area (Å²) in [6, 6.07) is 3.32. The van der Waals surface area contributed by atoms with Crippen LogP contribution in [0.15, 0.2) is 23.1 Å². The van der Waals surface area contributed by atoms with Crippen LogP contribution in [0.1, 0.15) is 32.6 Å². The number of aromatic nitrogens is 3. The van der Waals surface area contributed by atoms with Gasteiger partial charge in [0.05, 0.1) is 55.7 Å². The lowest BCUT2D eigenvalue weighted by molar-refractivity contribution is 0.0330. The van der Waals surface area contributed by atoms with Crippen molar-refractivity contribution in [3.05, 3.63) is 38.7 Å². The highest BCUT2D eigenvalue weighted by Gasteiger charge is 2.24. The maximum atomic E-state index is 14.1. The Morgan fingerprint density at radius 3 is 2.43 bits per heavy atom. The first-order valence-electron chi connectivity index (χ1n) is 14.3. The molecule has 1 unspecified atom stereocenters. The molecule has 2 aromatic heterocycles. The van der Waals surface area contributed by atoms with E-state index >= 15 is 0 Å². The van der Waals surface area contributed by atoms with Crippen LogP contribution in [0.5, 0.6) is 11.5 Å². The van der Waals surface area contributed by atoms with Crippen LogP contribution in [0.3, 0.4) is 0 Å². The van der Waals surface area contributed by atoms with Crippen LogP contribution in [-0.2, 0) is 16.0 Å². The van der Waals surface area contributed by atoms with Gasteiger partial charge in [-0.3, -0.25) is 9.36 Å². The van der Waals surface area contributed by atoms with Crippen molar-refractivity contribution in [2.45, 2.75) is 45.3 Å². The normalized spacial score (nSPS) is 14.0. The highest BCUT2D eigenvalue weighted by Crippen LogP contribution is 2.45. The van der Waals surface area contributed by atoms with Crippen LogP contribution < -0.4 is 20.3 Å². The predicted octanol–water partition coefficient (Wildman–Crippen LogP) is 5.37. The molecular weight excluding hydrogens is 581 g/mol. The number of pyridine rings is 1. The Balaban J connectivity index is 1.68. The maximum absolute atomic E-state index is 14.1. The zero-order chi connectivity index (χ0) is 30.2. The molecule has 0 aliphatic heterocycles. The first-order chi connectivity index (χ1) is 20.3. The minimum Gasteiger partial charge on any atom is -0.495 e. The average Bonchev–Trinajstić information content (AvgIpc) is 3.83. The molecule has 0 spiro atoms. The zero-order valence-electron chi connectivity index (χ0n) is 25.0. The Morgan fingerprint density at radius 2 is 1.81 bits per heavy atom. The molecule has 0 amide bonds. The van der Waals surface area contributed by atoms with Gasteiger partial charge in [-0.15, -0.1) is 0 Å². The van der Waals surface area contributed by atoms with Crippen molar-refractivity contribution >= 4 is 40.2 Å². The third-order valence-corrected chi connectivity index (χ3v) is 8.30. The number of hydrogen-bond acceptors (Lipinski definition) is 9. The van der Waals surface area contributed by atoms with E-state index in [4.69, 9.17) is 47.1 Å². The molecule has 3 aromatic rings. The summed E-state index contributed by atoms with van der Waals surface area (Å²) in [5, 5.41) is 4.41. The Hall–Kier alpha value is -2.63. The Kier molecular flexibility index (Phi) is 11.7. The third-order valence-electron chi connectivity index (χ3n) is 7.55. The van der Waals surface area contributed by atoms with Crippen molar-refractivity contribution in [2.24, 2.45) is 5.92 Å². The number of anilines is 1. The number of hydrogen-bond donors (Lipinski definition) is 1. The number of ether oxygens (including phenoxy) is 4. The number of nitrogens with one attached hydrogen (secondary N) is 1. The fraction of sp³-hybridized carbons (Fsp3) is 0.567. The minimum absolute atomic E-state index is 0.0528. The number of rotatable bonds is 17. The highest BCUT2D eigenvalue weighted by atomic mass is 35.5. The van der Waals surface area contributed by atoms with Gasteiger partial charge >= 0.3 is 0 Å². The second kappa shape index (κ2) is 15.2. The van der Waals surface area contributed by atoms with Gasteiger partial charge in [-0.1, -0.05) is 30.1 Å². The summed E-state index contributed by atoms with van der Waals surface area (Å²) >= 11 is 13.4. The summed E-state index contributed by atoms with van der Waals surface area (Å²) in [6.45, 7) is 5.96. The topological polar surface area (TPSA) is 100.0 Å². The summed E-state index contributed by atoms with van der Waals surface area (Å²) in [7, 11) is 6.77. The van der Waals surface area contributed by atoms with Gasteiger partial charge in [-0.2, -0.15) is 4.98 Å². The fourth-order valence-corrected chi connectivity index (χ4v) is 5.45. The van der Waals surface area contributed by atoms with E-state index in [1.54, 1.807) is 30.0 Å². The van der Waals surface area contributed by atoms with Gasteiger partial charge in [0.2, 0.25) is 5.95 Å². The van der Waals surface area contributed by atoms with E-state index in [9.17, 15) is 4.79 Å². The molecule has 1 aromatic carbocycles. The van der Waals surface area contributed by atoms with Gasteiger partial charge in [0.15, 0.2) is 0 Å². The smallest absolute Gasteiger partial charge is 0.260 e. The van der Waals surface area contributed by atoms with Gasteiger partial charge in [-0.25, -0.2) is 4.98 Å². The van der Waals surface area contributed by atoms with Crippen LogP contribution in [0.2, 0.25) is 10.0 Å². The molecule has 230 valence electrons. The molecule has 1 aliphatic carbocycles. The molecule has 1 saturated carbocycles. The van der Waals surface area contributed by atoms with Crippen LogP contribution in [0.25, 0.3) is 22.2 Å². The summed E-state index contributed by atoms with van der Waals surface area (Å²) < 4.78 is 24.0. The van der Waals surface area contributed by atoms with Gasteiger partial charge in [0.1, 0.15) is 17.1 Å². The lowest BCUT2D eigenvalue weighted by Gasteiger charge is -2.22. The van der Waals surface area contributed by atoms with E-state index in [0.717, 1.165) is 32.5 Å². The number of likely N-dealkylation sites (N-methyl/N-ethyl adjacent to an activating group) is 1. The van der Waals surface area contributed by atoms with Gasteiger partial charge in [0, 0.05) is 50.0 Å². The molecule has 1 atom stereocenters. The molecule has 0 saturated heterocycles. The molecule has 10 nitrogen and oxygen atoms in total. The molecule has 42 heavy (non-hydrogen) atoms. The molecule has 4 rings (SSSR count). The fourth-order valence-electron chi connectivity index (χ4n) is 4.75. The molecule has 0 radical (unpaired) electrons. The van der Waals surface area contributed by atoms with E-state index in [1.807, 2.05) is 0 Å². The van der Waals surface area contributed by atoms with E-state index in [-0.39, 0.29) is 28.3 Å². The molecule has 0 bridgehead atoms. The van der Waals surface area contributed by atoms with Crippen molar-refractivity contribution in [1.29, 1.82) is 0 Å². The second-order valence-corrected chi connectivity index (χ2v) is 11.3. The third kappa shape index (κ3) is 7.85. The van der Waals surface area contributed by atoms with Crippen LogP contribution in [-0.4, -0.2) is 86.8 Å². The van der Waals surface area contributed by atoms with E-state index < -0.39 is 0 Å².